The third kappa shape index (κ3) is 17.5. The van der Waals surface area contributed by atoms with Crippen LogP contribution in [0.5, 0.6) is 5.75 Å². The number of benzene rings is 1. The Labute approximate surface area is 235 Å². The summed E-state index contributed by atoms with van der Waals surface area (Å²) in [5.74, 6) is -14.1. The summed E-state index contributed by atoms with van der Waals surface area (Å²) < 4.78 is 113. The van der Waals surface area contributed by atoms with Gasteiger partial charge in [-0.3, -0.25) is 4.79 Å². The molecule has 16 heteroatoms. The van der Waals surface area contributed by atoms with E-state index in [0.29, 0.717) is 85.8 Å². The van der Waals surface area contributed by atoms with E-state index in [-0.39, 0.29) is 26.4 Å². The second-order valence-electron chi connectivity index (χ2n) is 7.81. The summed E-state index contributed by atoms with van der Waals surface area (Å²) in [6.45, 7) is 6.12. The lowest BCUT2D eigenvalue weighted by molar-refractivity contribution is -0.136. The van der Waals surface area contributed by atoms with Crippen LogP contribution in [0.4, 0.5) is 22.0 Å². The number of halogens is 5. The molecule has 0 radical (unpaired) electrons. The van der Waals surface area contributed by atoms with Crippen molar-refractivity contribution in [3.05, 3.63) is 29.1 Å². The summed E-state index contributed by atoms with van der Waals surface area (Å²) in [4.78, 5) is 11.6. The third-order valence-corrected chi connectivity index (χ3v) is 4.70. The molecule has 0 amide bonds. The quantitative estimate of drug-likeness (QED) is 0.0393. The van der Waals surface area contributed by atoms with Crippen molar-refractivity contribution in [2.45, 2.75) is 6.42 Å². The Morgan fingerprint density at radius 1 is 0.439 bits per heavy atom. The van der Waals surface area contributed by atoms with Crippen LogP contribution in [0, 0.1) is 29.1 Å². The molecule has 0 aromatic heterocycles. The molecule has 0 aliphatic heterocycles. The van der Waals surface area contributed by atoms with Gasteiger partial charge in [0.25, 0.3) is 0 Å². The Morgan fingerprint density at radius 3 is 1.02 bits per heavy atom. The monoisotopic (exact) mass is 607 g/mol. The lowest BCUT2D eigenvalue weighted by Crippen LogP contribution is -2.16. The summed E-state index contributed by atoms with van der Waals surface area (Å²) in [6, 6.07) is 0. The number of esters is 1. The molecule has 0 atom stereocenters. The van der Waals surface area contributed by atoms with Crippen LogP contribution in [-0.2, 0) is 42.7 Å². The van der Waals surface area contributed by atoms with Crippen LogP contribution in [0.25, 0.3) is 0 Å². The van der Waals surface area contributed by atoms with E-state index in [1.165, 1.54) is 0 Å². The maximum Gasteiger partial charge on any atom is 0.313 e. The SMILES string of the molecule is NCCOCCOCCOCCOCCOCCOCCOCCOCCC(=O)Oc1c(F)c(F)c(F)c(F)c1F. The van der Waals surface area contributed by atoms with Gasteiger partial charge in [-0.15, -0.1) is 0 Å². The molecule has 0 unspecified atom stereocenters. The molecule has 0 heterocycles. The number of ether oxygens (including phenoxy) is 9. The molecule has 1 aromatic rings. The highest BCUT2D eigenvalue weighted by atomic mass is 19.2. The van der Waals surface area contributed by atoms with Gasteiger partial charge in [-0.1, -0.05) is 0 Å². The molecular formula is C25H38F5NO10. The molecule has 0 aliphatic rings. The zero-order valence-electron chi connectivity index (χ0n) is 22.8. The van der Waals surface area contributed by atoms with E-state index in [1.54, 1.807) is 0 Å². The lowest BCUT2D eigenvalue weighted by atomic mass is 10.2. The number of rotatable bonds is 27. The highest BCUT2D eigenvalue weighted by molar-refractivity contribution is 5.72. The van der Waals surface area contributed by atoms with Crippen molar-refractivity contribution in [1.29, 1.82) is 0 Å². The van der Waals surface area contributed by atoms with E-state index in [4.69, 9.17) is 43.6 Å². The minimum Gasteiger partial charge on any atom is -0.420 e. The van der Waals surface area contributed by atoms with Crippen LogP contribution in [0.15, 0.2) is 0 Å². The molecule has 238 valence electrons. The molecule has 1 rings (SSSR count). The van der Waals surface area contributed by atoms with Crippen LogP contribution >= 0.6 is 0 Å². The molecular weight excluding hydrogens is 569 g/mol. The van der Waals surface area contributed by atoms with E-state index in [2.05, 4.69) is 4.74 Å². The van der Waals surface area contributed by atoms with Gasteiger partial charge in [0.15, 0.2) is 0 Å². The molecule has 2 N–H and O–H groups in total. The Kier molecular flexibility index (Phi) is 22.2. The van der Waals surface area contributed by atoms with Gasteiger partial charge < -0.3 is 48.4 Å². The highest BCUT2D eigenvalue weighted by Gasteiger charge is 2.28. The summed E-state index contributed by atoms with van der Waals surface area (Å²) in [5.41, 5.74) is 5.30. The molecule has 0 saturated heterocycles. The van der Waals surface area contributed by atoms with Gasteiger partial charge in [-0.25, -0.2) is 13.2 Å². The van der Waals surface area contributed by atoms with Crippen LogP contribution in [0.3, 0.4) is 0 Å². The first-order valence-corrected chi connectivity index (χ1v) is 12.9. The Morgan fingerprint density at radius 2 is 0.707 bits per heavy atom. The molecule has 0 spiro atoms. The predicted molar refractivity (Wildman–Crippen MR) is 132 cm³/mol. The molecule has 0 fully saturated rings. The summed E-state index contributed by atoms with van der Waals surface area (Å²) in [5, 5.41) is 0. The first-order chi connectivity index (χ1) is 19.9. The van der Waals surface area contributed by atoms with Crippen molar-refractivity contribution < 1.29 is 69.4 Å². The first kappa shape index (κ1) is 37.0. The van der Waals surface area contributed by atoms with E-state index in [0.717, 1.165) is 0 Å². The zero-order valence-corrected chi connectivity index (χ0v) is 22.8. The fourth-order valence-corrected chi connectivity index (χ4v) is 2.72. The van der Waals surface area contributed by atoms with E-state index in [1.807, 2.05) is 0 Å². The second kappa shape index (κ2) is 24.6. The fraction of sp³-hybridized carbons (Fsp3) is 0.720. The highest BCUT2D eigenvalue weighted by Crippen LogP contribution is 2.29. The van der Waals surface area contributed by atoms with Gasteiger partial charge in [0.1, 0.15) is 0 Å². The largest absolute Gasteiger partial charge is 0.420 e. The Balaban J connectivity index is 1.83. The lowest BCUT2D eigenvalue weighted by Gasteiger charge is -2.09. The molecule has 11 nitrogen and oxygen atoms in total. The van der Waals surface area contributed by atoms with Gasteiger partial charge in [0.2, 0.25) is 34.8 Å². The van der Waals surface area contributed by atoms with Gasteiger partial charge in [-0.2, -0.15) is 8.78 Å². The van der Waals surface area contributed by atoms with Crippen molar-refractivity contribution in [3.8, 4) is 5.75 Å². The van der Waals surface area contributed by atoms with Gasteiger partial charge in [0, 0.05) is 6.54 Å². The molecule has 0 bridgehead atoms. The number of carbonyl (C=O) groups excluding carboxylic acids is 1. The minimum absolute atomic E-state index is 0.0861. The van der Waals surface area contributed by atoms with Crippen molar-refractivity contribution in [2.24, 2.45) is 5.73 Å². The molecule has 41 heavy (non-hydrogen) atoms. The normalized spacial score (nSPS) is 11.4. The smallest absolute Gasteiger partial charge is 0.313 e. The molecule has 1 aromatic carbocycles. The maximum absolute atomic E-state index is 13.5. The van der Waals surface area contributed by atoms with Crippen LogP contribution in [-0.4, -0.2) is 118 Å². The topological polar surface area (TPSA) is 126 Å². The predicted octanol–water partition coefficient (Wildman–Crippen LogP) is 1.77. The first-order valence-electron chi connectivity index (χ1n) is 12.9. The maximum atomic E-state index is 13.5. The number of hydrogen-bond donors (Lipinski definition) is 1. The van der Waals surface area contributed by atoms with Crippen LogP contribution in [0.1, 0.15) is 6.42 Å². The van der Waals surface area contributed by atoms with Crippen molar-refractivity contribution >= 4 is 5.97 Å². The minimum atomic E-state index is -2.35. The Hall–Kier alpha value is -2.02. The average Bonchev–Trinajstić information content (AvgIpc) is 2.97. The van der Waals surface area contributed by atoms with Crippen molar-refractivity contribution in [3.63, 3.8) is 0 Å². The fourth-order valence-electron chi connectivity index (χ4n) is 2.72. The Bertz CT molecular complexity index is 811. The molecule has 0 aliphatic carbocycles. The number of hydrogen-bond acceptors (Lipinski definition) is 11. The van der Waals surface area contributed by atoms with Crippen LogP contribution < -0.4 is 10.5 Å². The summed E-state index contributed by atoms with van der Waals surface area (Å²) >= 11 is 0. The van der Waals surface area contributed by atoms with Crippen molar-refractivity contribution in [2.75, 3.05) is 112 Å². The van der Waals surface area contributed by atoms with Gasteiger partial charge >= 0.3 is 5.97 Å². The van der Waals surface area contributed by atoms with Crippen molar-refractivity contribution in [1.82, 2.24) is 0 Å². The van der Waals surface area contributed by atoms with E-state index >= 15 is 0 Å². The van der Waals surface area contributed by atoms with E-state index < -0.39 is 47.2 Å². The average molecular weight is 608 g/mol. The van der Waals surface area contributed by atoms with E-state index in [9.17, 15) is 26.7 Å². The second-order valence-corrected chi connectivity index (χ2v) is 7.81. The number of nitrogens with two attached hydrogens (primary N) is 1. The summed E-state index contributed by atoms with van der Waals surface area (Å²) in [7, 11) is 0. The zero-order chi connectivity index (χ0) is 30.1. The standard InChI is InChI=1S/C25H38F5NO10/c26-20-21(27)23(29)25(24(30)22(20)28)41-19(32)1-3-33-5-7-35-9-11-37-13-15-39-17-18-40-16-14-38-12-10-36-8-6-34-4-2-31/h1-18,31H2. The molecule has 0 saturated carbocycles. The van der Waals surface area contributed by atoms with Gasteiger partial charge in [-0.05, 0) is 0 Å². The van der Waals surface area contributed by atoms with Gasteiger partial charge in [0.05, 0.1) is 112 Å². The van der Waals surface area contributed by atoms with Crippen LogP contribution in [0.2, 0.25) is 0 Å². The third-order valence-electron chi connectivity index (χ3n) is 4.70. The summed E-state index contributed by atoms with van der Waals surface area (Å²) in [6.07, 6.45) is -0.482. The number of carbonyl (C=O) groups is 1.